The van der Waals surface area contributed by atoms with Crippen LogP contribution in [0.1, 0.15) is 47.7 Å². The molecule has 2 aromatic rings. The van der Waals surface area contributed by atoms with Gasteiger partial charge in [-0.2, -0.15) is 4.52 Å². The number of hydrogen-bond acceptors (Lipinski definition) is 5. The van der Waals surface area contributed by atoms with Crippen LogP contribution in [0.25, 0.3) is 4.96 Å². The highest BCUT2D eigenvalue weighted by atomic mass is 32.1. The molecule has 0 unspecified atom stereocenters. The summed E-state index contributed by atoms with van der Waals surface area (Å²) in [6.45, 7) is 1.52. The molecular weight excluding hydrogens is 212 g/mol. The average Bonchev–Trinajstić information content (AvgIpc) is 2.63. The highest BCUT2D eigenvalue weighted by Gasteiger charge is 2.26. The Kier molecular flexibility index (Phi) is 1.85. The molecule has 3 rings (SSSR count). The lowest BCUT2D eigenvalue weighted by atomic mass is 9.85. The van der Waals surface area contributed by atoms with E-state index in [0.717, 1.165) is 23.6 Å². The number of hydrogen-bond donors (Lipinski definition) is 0. The highest BCUT2D eigenvalue weighted by molar-refractivity contribution is 7.18. The van der Waals surface area contributed by atoms with Crippen molar-refractivity contribution in [2.24, 2.45) is 0 Å². The Morgan fingerprint density at radius 1 is 1.47 bits per heavy atom. The van der Waals surface area contributed by atoms with Gasteiger partial charge in [-0.1, -0.05) is 17.8 Å². The molecule has 15 heavy (non-hydrogen) atoms. The molecule has 1 aliphatic rings. The van der Waals surface area contributed by atoms with E-state index >= 15 is 0 Å². The van der Waals surface area contributed by atoms with Crippen LogP contribution in [0.5, 0.6) is 0 Å². The molecule has 5 nitrogen and oxygen atoms in total. The summed E-state index contributed by atoms with van der Waals surface area (Å²) < 4.78 is 1.73. The molecule has 0 spiro atoms. The van der Waals surface area contributed by atoms with Crippen LogP contribution >= 0.6 is 11.3 Å². The Morgan fingerprint density at radius 2 is 2.27 bits per heavy atom. The predicted molar refractivity (Wildman–Crippen MR) is 55.3 cm³/mol. The van der Waals surface area contributed by atoms with Crippen molar-refractivity contribution in [1.82, 2.24) is 19.8 Å². The van der Waals surface area contributed by atoms with Gasteiger partial charge >= 0.3 is 0 Å². The van der Waals surface area contributed by atoms with Crippen LogP contribution in [-0.4, -0.2) is 25.6 Å². The standard InChI is InChI=1S/C9H10N4OS/c1-5(14)8-12-13-7(6-3-2-4-6)10-11-9(13)15-8/h6H,2-4H2,1H3. The molecule has 6 heteroatoms. The molecule has 78 valence electrons. The number of aromatic nitrogens is 4. The van der Waals surface area contributed by atoms with Gasteiger partial charge in [0.25, 0.3) is 0 Å². The van der Waals surface area contributed by atoms with E-state index in [4.69, 9.17) is 0 Å². The monoisotopic (exact) mass is 222 g/mol. The summed E-state index contributed by atoms with van der Waals surface area (Å²) in [5.41, 5.74) is 0. The average molecular weight is 222 g/mol. The Hall–Kier alpha value is -1.30. The number of Topliss-reactive ketones (excluding diaryl/α,β-unsaturated/α-hetero) is 1. The number of nitrogens with zero attached hydrogens (tertiary/aromatic N) is 4. The van der Waals surface area contributed by atoms with Gasteiger partial charge < -0.3 is 0 Å². The van der Waals surface area contributed by atoms with Crippen LogP contribution in [0.15, 0.2) is 0 Å². The molecule has 0 saturated heterocycles. The van der Waals surface area contributed by atoms with Crippen LogP contribution in [-0.2, 0) is 0 Å². The minimum absolute atomic E-state index is 0.00920. The van der Waals surface area contributed by atoms with E-state index in [1.807, 2.05) is 0 Å². The summed E-state index contributed by atoms with van der Waals surface area (Å²) in [5.74, 6) is 1.40. The van der Waals surface area contributed by atoms with Crippen LogP contribution < -0.4 is 0 Å². The summed E-state index contributed by atoms with van der Waals surface area (Å²) in [5, 5.41) is 12.9. The highest BCUT2D eigenvalue weighted by Crippen LogP contribution is 2.35. The summed E-state index contributed by atoms with van der Waals surface area (Å²) in [7, 11) is 0. The van der Waals surface area contributed by atoms with Crippen molar-refractivity contribution >= 4 is 22.1 Å². The van der Waals surface area contributed by atoms with E-state index in [9.17, 15) is 4.79 Å². The van der Waals surface area contributed by atoms with Crippen molar-refractivity contribution in [3.63, 3.8) is 0 Å². The molecule has 1 fully saturated rings. The topological polar surface area (TPSA) is 60.2 Å². The van der Waals surface area contributed by atoms with Crippen LogP contribution in [0.3, 0.4) is 0 Å². The third kappa shape index (κ3) is 1.28. The van der Waals surface area contributed by atoms with Crippen molar-refractivity contribution in [1.29, 1.82) is 0 Å². The van der Waals surface area contributed by atoms with Gasteiger partial charge in [0.15, 0.2) is 16.6 Å². The lowest BCUT2D eigenvalue weighted by Gasteiger charge is -2.22. The first kappa shape index (κ1) is 8.96. The van der Waals surface area contributed by atoms with E-state index in [0.29, 0.717) is 10.9 Å². The second kappa shape index (κ2) is 3.10. The quantitative estimate of drug-likeness (QED) is 0.725. The molecule has 2 aromatic heterocycles. The first-order valence-electron chi connectivity index (χ1n) is 4.99. The Bertz CT molecular complexity index is 525. The van der Waals surface area contributed by atoms with E-state index in [-0.39, 0.29) is 5.78 Å². The number of carbonyl (C=O) groups excluding carboxylic acids is 1. The molecule has 0 bridgehead atoms. The van der Waals surface area contributed by atoms with Crippen LogP contribution in [0, 0.1) is 0 Å². The van der Waals surface area contributed by atoms with Gasteiger partial charge in [-0.15, -0.1) is 15.3 Å². The van der Waals surface area contributed by atoms with Gasteiger partial charge in [0.1, 0.15) is 0 Å². The van der Waals surface area contributed by atoms with E-state index in [1.54, 1.807) is 4.52 Å². The maximum absolute atomic E-state index is 11.2. The predicted octanol–water partition coefficient (Wildman–Crippen LogP) is 1.66. The van der Waals surface area contributed by atoms with Gasteiger partial charge in [0.2, 0.25) is 4.96 Å². The second-order valence-corrected chi connectivity index (χ2v) is 4.80. The first-order chi connectivity index (χ1) is 7.25. The van der Waals surface area contributed by atoms with Crippen molar-refractivity contribution in [2.75, 3.05) is 0 Å². The normalized spacial score (nSPS) is 16.9. The maximum Gasteiger partial charge on any atom is 0.235 e. The Labute approximate surface area is 90.1 Å². The summed E-state index contributed by atoms with van der Waals surface area (Å²) in [6.07, 6.45) is 3.57. The largest absolute Gasteiger partial charge is 0.292 e. The Morgan fingerprint density at radius 3 is 2.87 bits per heavy atom. The van der Waals surface area contributed by atoms with Gasteiger partial charge in [-0.25, -0.2) is 0 Å². The van der Waals surface area contributed by atoms with Gasteiger partial charge in [-0.3, -0.25) is 4.79 Å². The number of fused-ring (bicyclic) bond motifs is 1. The third-order valence-corrected chi connectivity index (χ3v) is 3.79. The van der Waals surface area contributed by atoms with E-state index < -0.39 is 0 Å². The molecule has 2 heterocycles. The minimum atomic E-state index is -0.00920. The fourth-order valence-corrected chi connectivity index (χ4v) is 2.44. The molecule has 1 saturated carbocycles. The Balaban J connectivity index is 2.11. The minimum Gasteiger partial charge on any atom is -0.292 e. The summed E-state index contributed by atoms with van der Waals surface area (Å²) in [4.78, 5) is 11.9. The first-order valence-corrected chi connectivity index (χ1v) is 5.80. The second-order valence-electron chi connectivity index (χ2n) is 3.84. The summed E-state index contributed by atoms with van der Waals surface area (Å²) >= 11 is 1.31. The summed E-state index contributed by atoms with van der Waals surface area (Å²) in [6, 6.07) is 0. The molecule has 0 amide bonds. The SMILES string of the molecule is CC(=O)c1nn2c(C3CCC3)nnc2s1. The van der Waals surface area contributed by atoms with Crippen molar-refractivity contribution in [3.8, 4) is 0 Å². The fraction of sp³-hybridized carbons (Fsp3) is 0.556. The van der Waals surface area contributed by atoms with Gasteiger partial charge in [-0.05, 0) is 12.8 Å². The van der Waals surface area contributed by atoms with E-state index in [1.165, 1.54) is 24.7 Å². The van der Waals surface area contributed by atoms with E-state index in [2.05, 4.69) is 15.3 Å². The van der Waals surface area contributed by atoms with Crippen molar-refractivity contribution in [3.05, 3.63) is 10.8 Å². The third-order valence-electron chi connectivity index (χ3n) is 2.79. The number of rotatable bonds is 2. The lowest BCUT2D eigenvalue weighted by Crippen LogP contribution is -2.13. The van der Waals surface area contributed by atoms with Gasteiger partial charge in [0, 0.05) is 12.8 Å². The zero-order chi connectivity index (χ0) is 10.4. The fourth-order valence-electron chi connectivity index (χ4n) is 1.70. The smallest absolute Gasteiger partial charge is 0.235 e. The molecule has 0 radical (unpaired) electrons. The molecule has 0 aliphatic heterocycles. The molecule has 1 aliphatic carbocycles. The van der Waals surface area contributed by atoms with Crippen molar-refractivity contribution < 1.29 is 4.79 Å². The zero-order valence-electron chi connectivity index (χ0n) is 8.30. The van der Waals surface area contributed by atoms with Crippen LogP contribution in [0.2, 0.25) is 0 Å². The maximum atomic E-state index is 11.2. The molecule has 0 aromatic carbocycles. The van der Waals surface area contributed by atoms with Gasteiger partial charge in [0.05, 0.1) is 0 Å². The number of carbonyl (C=O) groups is 1. The zero-order valence-corrected chi connectivity index (χ0v) is 9.12. The molecule has 0 N–H and O–H groups in total. The number of ketones is 1. The van der Waals surface area contributed by atoms with Crippen molar-refractivity contribution in [2.45, 2.75) is 32.1 Å². The molecule has 0 atom stereocenters. The lowest BCUT2D eigenvalue weighted by molar-refractivity contribution is 0.101. The molecular formula is C9H10N4OS. The van der Waals surface area contributed by atoms with Crippen LogP contribution in [0.4, 0.5) is 0 Å².